The van der Waals surface area contributed by atoms with Crippen molar-refractivity contribution in [3.8, 4) is 0 Å². The predicted molar refractivity (Wildman–Crippen MR) is 69.9 cm³/mol. The fourth-order valence-electron chi connectivity index (χ4n) is 2.13. The highest BCUT2D eigenvalue weighted by Crippen LogP contribution is 2.20. The molecule has 3 heteroatoms. The molecule has 0 spiro atoms. The molecule has 1 aliphatic rings. The van der Waals surface area contributed by atoms with Gasteiger partial charge in [-0.1, -0.05) is 24.9 Å². The zero-order valence-electron chi connectivity index (χ0n) is 10.2. The molecule has 94 valence electrons. The second-order valence-electron chi connectivity index (χ2n) is 5.08. The van der Waals surface area contributed by atoms with Gasteiger partial charge in [0.05, 0.1) is 0 Å². The topological polar surface area (TPSA) is 12.0 Å². The maximum atomic E-state index is 13.5. The normalized spacial score (nSPS) is 17.8. The first kappa shape index (κ1) is 12.8. The average molecular weight is 256 g/mol. The lowest BCUT2D eigenvalue weighted by atomic mass is 9.92. The van der Waals surface area contributed by atoms with E-state index in [0.29, 0.717) is 17.0 Å². The molecule has 1 aromatic carbocycles. The first-order valence-electron chi connectivity index (χ1n) is 6.32. The van der Waals surface area contributed by atoms with Crippen molar-refractivity contribution in [1.29, 1.82) is 0 Å². The van der Waals surface area contributed by atoms with Crippen molar-refractivity contribution in [2.75, 3.05) is 6.54 Å². The van der Waals surface area contributed by atoms with Gasteiger partial charge in [-0.15, -0.1) is 0 Å². The minimum Gasteiger partial charge on any atom is -0.314 e. The Bertz CT molecular complexity index is 376. The minimum absolute atomic E-state index is 0.148. The van der Waals surface area contributed by atoms with Crippen LogP contribution in [0.4, 0.5) is 4.39 Å². The molecular weight excluding hydrogens is 237 g/mol. The number of halogens is 2. The van der Waals surface area contributed by atoms with Crippen LogP contribution in [0.15, 0.2) is 18.2 Å². The molecule has 0 aromatic heterocycles. The molecule has 0 amide bonds. The smallest absolute Gasteiger partial charge is 0.126 e. The van der Waals surface area contributed by atoms with Crippen LogP contribution < -0.4 is 5.32 Å². The maximum Gasteiger partial charge on any atom is 0.126 e. The summed E-state index contributed by atoms with van der Waals surface area (Å²) in [5.41, 5.74) is 0.723. The van der Waals surface area contributed by atoms with Gasteiger partial charge in [-0.3, -0.25) is 0 Å². The summed E-state index contributed by atoms with van der Waals surface area (Å²) in [6.07, 6.45) is 4.66. The van der Waals surface area contributed by atoms with Crippen molar-refractivity contribution in [3.63, 3.8) is 0 Å². The van der Waals surface area contributed by atoms with Gasteiger partial charge in [0.1, 0.15) is 5.82 Å². The third-order valence-electron chi connectivity index (χ3n) is 3.44. The van der Waals surface area contributed by atoms with Gasteiger partial charge >= 0.3 is 0 Å². The molecule has 1 aliphatic carbocycles. The van der Waals surface area contributed by atoms with Gasteiger partial charge in [-0.2, -0.15) is 0 Å². The second-order valence-corrected chi connectivity index (χ2v) is 5.52. The van der Waals surface area contributed by atoms with E-state index >= 15 is 0 Å². The zero-order chi connectivity index (χ0) is 12.3. The van der Waals surface area contributed by atoms with Gasteiger partial charge in [0.2, 0.25) is 0 Å². The average Bonchev–Trinajstić information content (AvgIpc) is 2.21. The number of benzene rings is 1. The van der Waals surface area contributed by atoms with Crippen molar-refractivity contribution in [2.24, 2.45) is 5.92 Å². The summed E-state index contributed by atoms with van der Waals surface area (Å²) in [5.74, 6) is 0.286. The van der Waals surface area contributed by atoms with Crippen LogP contribution in [0.3, 0.4) is 0 Å². The molecule has 1 saturated carbocycles. The Morgan fingerprint density at radius 1 is 1.47 bits per heavy atom. The van der Waals surface area contributed by atoms with Gasteiger partial charge in [0, 0.05) is 11.1 Å². The van der Waals surface area contributed by atoms with Crippen LogP contribution in [0.5, 0.6) is 0 Å². The summed E-state index contributed by atoms with van der Waals surface area (Å²) in [6.45, 7) is 3.10. The molecule has 0 radical (unpaired) electrons. The number of hydrogen-bond donors (Lipinski definition) is 1. The van der Waals surface area contributed by atoms with Gasteiger partial charge in [-0.25, -0.2) is 4.39 Å². The van der Waals surface area contributed by atoms with E-state index in [-0.39, 0.29) is 5.82 Å². The zero-order valence-corrected chi connectivity index (χ0v) is 10.9. The van der Waals surface area contributed by atoms with Crippen LogP contribution in [-0.4, -0.2) is 12.6 Å². The quantitative estimate of drug-likeness (QED) is 0.844. The third kappa shape index (κ3) is 3.68. The summed E-state index contributed by atoms with van der Waals surface area (Å²) >= 11 is 5.88. The van der Waals surface area contributed by atoms with E-state index in [1.165, 1.54) is 25.3 Å². The largest absolute Gasteiger partial charge is 0.314 e. The summed E-state index contributed by atoms with van der Waals surface area (Å²) in [7, 11) is 0. The first-order chi connectivity index (χ1) is 8.15. The molecule has 0 aliphatic heterocycles. The maximum absolute atomic E-state index is 13.5. The lowest BCUT2D eigenvalue weighted by Crippen LogP contribution is -2.38. The monoisotopic (exact) mass is 255 g/mol. The van der Waals surface area contributed by atoms with Crippen LogP contribution in [0.1, 0.15) is 31.7 Å². The van der Waals surface area contributed by atoms with Crippen LogP contribution in [-0.2, 0) is 6.42 Å². The van der Waals surface area contributed by atoms with Crippen molar-refractivity contribution in [1.82, 2.24) is 5.32 Å². The summed E-state index contributed by atoms with van der Waals surface area (Å²) in [6, 6.07) is 5.47. The lowest BCUT2D eigenvalue weighted by molar-refractivity contribution is 0.320. The van der Waals surface area contributed by atoms with E-state index in [4.69, 9.17) is 11.6 Å². The molecule has 1 N–H and O–H groups in total. The Hall–Kier alpha value is -0.600. The van der Waals surface area contributed by atoms with E-state index in [1.807, 2.05) is 0 Å². The van der Waals surface area contributed by atoms with Crippen molar-refractivity contribution in [3.05, 3.63) is 34.6 Å². The van der Waals surface area contributed by atoms with Crippen LogP contribution in [0.2, 0.25) is 5.02 Å². The number of nitrogens with one attached hydrogen (secondary N) is 1. The fourth-order valence-corrected chi connectivity index (χ4v) is 2.32. The van der Waals surface area contributed by atoms with Gasteiger partial charge in [-0.05, 0) is 55.5 Å². The fraction of sp³-hybridized carbons (Fsp3) is 0.571. The SMILES string of the molecule is CC(CNC1CCC1)Cc1cc(Cl)ccc1F. The lowest BCUT2D eigenvalue weighted by Gasteiger charge is -2.28. The van der Waals surface area contributed by atoms with Crippen LogP contribution in [0.25, 0.3) is 0 Å². The summed E-state index contributed by atoms with van der Waals surface area (Å²) in [4.78, 5) is 0. The Kier molecular flexibility index (Phi) is 4.41. The van der Waals surface area contributed by atoms with Crippen molar-refractivity contribution in [2.45, 2.75) is 38.6 Å². The Labute approximate surface area is 107 Å². The molecule has 0 bridgehead atoms. The van der Waals surface area contributed by atoms with Crippen LogP contribution >= 0.6 is 11.6 Å². The Balaban J connectivity index is 1.83. The minimum atomic E-state index is -0.148. The molecule has 1 aromatic rings. The summed E-state index contributed by atoms with van der Waals surface area (Å²) in [5, 5.41) is 4.13. The molecule has 0 saturated heterocycles. The van der Waals surface area contributed by atoms with Crippen LogP contribution in [0, 0.1) is 11.7 Å². The molecule has 1 unspecified atom stereocenters. The predicted octanol–water partition coefficient (Wildman–Crippen LogP) is 3.80. The Morgan fingerprint density at radius 3 is 2.88 bits per heavy atom. The van der Waals surface area contributed by atoms with Gasteiger partial charge < -0.3 is 5.32 Å². The molecule has 2 rings (SSSR count). The van der Waals surface area contributed by atoms with E-state index in [2.05, 4.69) is 12.2 Å². The highest BCUT2D eigenvalue weighted by atomic mass is 35.5. The molecule has 1 atom stereocenters. The van der Waals surface area contributed by atoms with Gasteiger partial charge in [0.25, 0.3) is 0 Å². The van der Waals surface area contributed by atoms with E-state index in [0.717, 1.165) is 18.5 Å². The van der Waals surface area contributed by atoms with E-state index in [9.17, 15) is 4.39 Å². The third-order valence-corrected chi connectivity index (χ3v) is 3.67. The van der Waals surface area contributed by atoms with Crippen molar-refractivity contribution >= 4 is 11.6 Å². The second kappa shape index (κ2) is 5.83. The molecular formula is C14H19ClFN. The molecule has 1 fully saturated rings. The standard InChI is InChI=1S/C14H19ClFN/c1-10(9-17-13-3-2-4-13)7-11-8-12(15)5-6-14(11)16/h5-6,8,10,13,17H,2-4,7,9H2,1H3. The number of rotatable bonds is 5. The van der Waals surface area contributed by atoms with Crippen molar-refractivity contribution < 1.29 is 4.39 Å². The first-order valence-corrected chi connectivity index (χ1v) is 6.70. The number of hydrogen-bond acceptors (Lipinski definition) is 1. The highest BCUT2D eigenvalue weighted by Gasteiger charge is 2.17. The summed E-state index contributed by atoms with van der Waals surface area (Å²) < 4.78 is 13.5. The Morgan fingerprint density at radius 2 is 2.24 bits per heavy atom. The molecule has 17 heavy (non-hydrogen) atoms. The molecule has 1 nitrogen and oxygen atoms in total. The van der Waals surface area contributed by atoms with E-state index < -0.39 is 0 Å². The van der Waals surface area contributed by atoms with E-state index in [1.54, 1.807) is 12.1 Å². The van der Waals surface area contributed by atoms with Gasteiger partial charge in [0.15, 0.2) is 0 Å². The highest BCUT2D eigenvalue weighted by molar-refractivity contribution is 6.30. The molecule has 0 heterocycles.